The van der Waals surface area contributed by atoms with Crippen molar-refractivity contribution in [2.75, 3.05) is 13.7 Å². The molecule has 118 valence electrons. The van der Waals surface area contributed by atoms with Crippen LogP contribution in [-0.2, 0) is 0 Å². The van der Waals surface area contributed by atoms with Crippen LogP contribution in [0.25, 0.3) is 0 Å². The summed E-state index contributed by atoms with van der Waals surface area (Å²) in [6.45, 7) is 6.00. The van der Waals surface area contributed by atoms with E-state index in [1.165, 1.54) is 0 Å². The van der Waals surface area contributed by atoms with Crippen molar-refractivity contribution >= 4 is 6.03 Å². The van der Waals surface area contributed by atoms with Gasteiger partial charge in [0.25, 0.3) is 0 Å². The fourth-order valence-corrected chi connectivity index (χ4v) is 2.20. The van der Waals surface area contributed by atoms with Crippen LogP contribution in [0.4, 0.5) is 4.79 Å². The van der Waals surface area contributed by atoms with Gasteiger partial charge in [0.2, 0.25) is 0 Å². The number of aliphatic hydroxyl groups excluding tert-OH is 1. The quantitative estimate of drug-likeness (QED) is 0.723. The molecule has 2 amide bonds. The van der Waals surface area contributed by atoms with Crippen LogP contribution in [0.5, 0.6) is 5.75 Å². The van der Waals surface area contributed by atoms with E-state index in [2.05, 4.69) is 10.6 Å². The molecule has 3 N–H and O–H groups in total. The molecule has 0 aliphatic heterocycles. The Kier molecular flexibility index (Phi) is 7.02. The molecule has 0 saturated carbocycles. The van der Waals surface area contributed by atoms with Gasteiger partial charge in [-0.1, -0.05) is 17.7 Å². The topological polar surface area (TPSA) is 70.6 Å². The van der Waals surface area contributed by atoms with E-state index in [9.17, 15) is 4.79 Å². The lowest BCUT2D eigenvalue weighted by molar-refractivity contribution is 0.231. The van der Waals surface area contributed by atoms with E-state index in [0.29, 0.717) is 6.42 Å². The summed E-state index contributed by atoms with van der Waals surface area (Å²) in [7, 11) is 1.62. The summed E-state index contributed by atoms with van der Waals surface area (Å²) in [5.41, 5.74) is 2.08. The second-order valence-electron chi connectivity index (χ2n) is 5.35. The van der Waals surface area contributed by atoms with E-state index in [1.54, 1.807) is 7.11 Å². The highest BCUT2D eigenvalue weighted by Crippen LogP contribution is 2.25. The fourth-order valence-electron chi connectivity index (χ4n) is 2.20. The molecule has 0 saturated heterocycles. The maximum Gasteiger partial charge on any atom is 0.315 e. The van der Waals surface area contributed by atoms with Crippen LogP contribution in [0.2, 0.25) is 0 Å². The Morgan fingerprint density at radius 3 is 2.67 bits per heavy atom. The van der Waals surface area contributed by atoms with Gasteiger partial charge in [-0.3, -0.25) is 0 Å². The third-order valence-corrected chi connectivity index (χ3v) is 3.37. The highest BCUT2D eigenvalue weighted by Gasteiger charge is 2.15. The minimum Gasteiger partial charge on any atom is -0.496 e. The molecular weight excluding hydrogens is 268 g/mol. The summed E-state index contributed by atoms with van der Waals surface area (Å²) in [5.74, 6) is 0.765. The zero-order chi connectivity index (χ0) is 15.8. The average molecular weight is 294 g/mol. The molecule has 0 aromatic heterocycles. The Balaban J connectivity index is 2.62. The summed E-state index contributed by atoms with van der Waals surface area (Å²) in [4.78, 5) is 12.0. The summed E-state index contributed by atoms with van der Waals surface area (Å²) < 4.78 is 5.34. The third kappa shape index (κ3) is 5.63. The summed E-state index contributed by atoms with van der Waals surface area (Å²) in [6, 6.07) is 5.57. The SMILES string of the molecule is COc1ccc(C)cc1C(C)NC(=O)NC(C)CCCO. The smallest absolute Gasteiger partial charge is 0.315 e. The van der Waals surface area contributed by atoms with Crippen molar-refractivity contribution in [3.63, 3.8) is 0 Å². The molecule has 0 aliphatic rings. The van der Waals surface area contributed by atoms with Crippen LogP contribution >= 0.6 is 0 Å². The number of urea groups is 1. The molecule has 5 heteroatoms. The Morgan fingerprint density at radius 2 is 2.05 bits per heavy atom. The van der Waals surface area contributed by atoms with Crippen LogP contribution in [0.1, 0.15) is 43.9 Å². The lowest BCUT2D eigenvalue weighted by Crippen LogP contribution is -2.41. The Morgan fingerprint density at radius 1 is 1.33 bits per heavy atom. The number of rotatable bonds is 7. The Labute approximate surface area is 126 Å². The Bertz CT molecular complexity index is 463. The number of ether oxygens (including phenoxy) is 1. The minimum absolute atomic E-state index is 0.0313. The number of methoxy groups -OCH3 is 1. The molecule has 21 heavy (non-hydrogen) atoms. The molecule has 0 fully saturated rings. The van der Waals surface area contributed by atoms with E-state index >= 15 is 0 Å². The largest absolute Gasteiger partial charge is 0.496 e. The van der Waals surface area contributed by atoms with Crippen LogP contribution in [0, 0.1) is 6.92 Å². The number of aliphatic hydroxyl groups is 1. The van der Waals surface area contributed by atoms with E-state index in [4.69, 9.17) is 9.84 Å². The lowest BCUT2D eigenvalue weighted by atomic mass is 10.0. The van der Waals surface area contributed by atoms with Crippen LogP contribution in [0.15, 0.2) is 18.2 Å². The number of amides is 2. The van der Waals surface area contributed by atoms with Crippen molar-refractivity contribution in [3.8, 4) is 5.75 Å². The number of benzene rings is 1. The highest BCUT2D eigenvalue weighted by molar-refractivity contribution is 5.74. The molecule has 1 aromatic carbocycles. The van der Waals surface area contributed by atoms with Gasteiger partial charge in [0.05, 0.1) is 13.2 Å². The van der Waals surface area contributed by atoms with Gasteiger partial charge in [-0.15, -0.1) is 0 Å². The van der Waals surface area contributed by atoms with Gasteiger partial charge in [0.1, 0.15) is 5.75 Å². The molecule has 0 spiro atoms. The van der Waals surface area contributed by atoms with Crippen molar-refractivity contribution in [1.82, 2.24) is 10.6 Å². The van der Waals surface area contributed by atoms with Crippen LogP contribution < -0.4 is 15.4 Å². The molecular formula is C16H26N2O3. The van der Waals surface area contributed by atoms with Crippen LogP contribution in [-0.4, -0.2) is 30.9 Å². The first-order chi connectivity index (χ1) is 9.97. The predicted molar refractivity (Wildman–Crippen MR) is 83.6 cm³/mol. The van der Waals surface area contributed by atoms with E-state index in [0.717, 1.165) is 23.3 Å². The zero-order valence-corrected chi connectivity index (χ0v) is 13.3. The van der Waals surface area contributed by atoms with Crippen molar-refractivity contribution < 1.29 is 14.6 Å². The first kappa shape index (κ1) is 17.3. The molecule has 0 bridgehead atoms. The number of carbonyl (C=O) groups is 1. The van der Waals surface area contributed by atoms with Gasteiger partial charge in [-0.2, -0.15) is 0 Å². The lowest BCUT2D eigenvalue weighted by Gasteiger charge is -2.20. The van der Waals surface area contributed by atoms with Gasteiger partial charge >= 0.3 is 6.03 Å². The molecule has 1 aromatic rings. The first-order valence-electron chi connectivity index (χ1n) is 7.30. The predicted octanol–water partition coefficient (Wildman–Crippen LogP) is 2.52. The van der Waals surface area contributed by atoms with Gasteiger partial charge < -0.3 is 20.5 Å². The normalized spacial score (nSPS) is 13.4. The molecule has 0 heterocycles. The van der Waals surface area contributed by atoms with Gasteiger partial charge in [-0.05, 0) is 39.7 Å². The van der Waals surface area contributed by atoms with Crippen molar-refractivity contribution in [2.45, 2.75) is 45.7 Å². The molecule has 0 radical (unpaired) electrons. The van der Waals surface area contributed by atoms with Gasteiger partial charge in [-0.25, -0.2) is 4.79 Å². The summed E-state index contributed by atoms with van der Waals surface area (Å²) >= 11 is 0. The van der Waals surface area contributed by atoms with Gasteiger partial charge in [0.15, 0.2) is 0 Å². The maximum absolute atomic E-state index is 12.0. The number of carbonyl (C=O) groups excluding carboxylic acids is 1. The second-order valence-corrected chi connectivity index (χ2v) is 5.35. The number of hydrogen-bond donors (Lipinski definition) is 3. The number of aryl methyl sites for hydroxylation is 1. The maximum atomic E-state index is 12.0. The molecule has 2 atom stereocenters. The number of hydrogen-bond acceptors (Lipinski definition) is 3. The van der Waals surface area contributed by atoms with Crippen molar-refractivity contribution in [2.24, 2.45) is 0 Å². The monoisotopic (exact) mass is 294 g/mol. The standard InChI is InChI=1S/C16H26N2O3/c1-11-7-8-15(21-4)14(10-11)13(3)18-16(20)17-12(2)6-5-9-19/h7-8,10,12-13,19H,5-6,9H2,1-4H3,(H2,17,18,20). The van der Waals surface area contributed by atoms with Crippen molar-refractivity contribution in [1.29, 1.82) is 0 Å². The number of nitrogens with one attached hydrogen (secondary N) is 2. The fraction of sp³-hybridized carbons (Fsp3) is 0.562. The average Bonchev–Trinajstić information content (AvgIpc) is 2.44. The third-order valence-electron chi connectivity index (χ3n) is 3.37. The minimum atomic E-state index is -0.212. The molecule has 1 rings (SSSR count). The van der Waals surface area contributed by atoms with E-state index < -0.39 is 0 Å². The van der Waals surface area contributed by atoms with Crippen LogP contribution in [0.3, 0.4) is 0 Å². The van der Waals surface area contributed by atoms with Gasteiger partial charge in [0, 0.05) is 18.2 Å². The first-order valence-corrected chi connectivity index (χ1v) is 7.30. The Hall–Kier alpha value is -1.75. The van der Waals surface area contributed by atoms with E-state index in [1.807, 2.05) is 39.0 Å². The molecule has 5 nitrogen and oxygen atoms in total. The molecule has 0 aliphatic carbocycles. The summed E-state index contributed by atoms with van der Waals surface area (Å²) in [5, 5.41) is 14.6. The highest BCUT2D eigenvalue weighted by atomic mass is 16.5. The van der Waals surface area contributed by atoms with E-state index in [-0.39, 0.29) is 24.7 Å². The second kappa shape index (κ2) is 8.52. The molecule has 2 unspecified atom stereocenters. The van der Waals surface area contributed by atoms with Crippen molar-refractivity contribution in [3.05, 3.63) is 29.3 Å². The zero-order valence-electron chi connectivity index (χ0n) is 13.3. The summed E-state index contributed by atoms with van der Waals surface area (Å²) in [6.07, 6.45) is 1.44.